The third-order valence-electron chi connectivity index (χ3n) is 5.06. The standard InChI is InChI=1S/C25H38N2O6/c1-18(2)14-20(16-31-17-22(28)33-25(3,4)5)26-23(29)21-12-9-13-27(21)24(30)32-15-19-10-7-6-8-11-19/h6-8,10-11,18,20-21H,9,12-17H2,1-5H3,(H,26,29). The summed E-state index contributed by atoms with van der Waals surface area (Å²) >= 11 is 0. The van der Waals surface area contributed by atoms with E-state index in [9.17, 15) is 14.4 Å². The fraction of sp³-hybridized carbons (Fsp3) is 0.640. The zero-order valence-corrected chi connectivity index (χ0v) is 20.5. The van der Waals surface area contributed by atoms with Crippen LogP contribution in [0.25, 0.3) is 0 Å². The lowest BCUT2D eigenvalue weighted by Gasteiger charge is -2.27. The van der Waals surface area contributed by atoms with Gasteiger partial charge in [-0.05, 0) is 51.5 Å². The van der Waals surface area contributed by atoms with Gasteiger partial charge >= 0.3 is 12.1 Å². The number of nitrogens with one attached hydrogen (secondary N) is 1. The summed E-state index contributed by atoms with van der Waals surface area (Å²) in [6.07, 6.45) is 1.52. The molecule has 1 aliphatic heterocycles. The lowest BCUT2D eigenvalue weighted by molar-refractivity contribution is -0.160. The molecule has 1 aromatic carbocycles. The molecule has 1 aromatic rings. The van der Waals surface area contributed by atoms with Gasteiger partial charge in [-0.1, -0.05) is 44.2 Å². The number of ether oxygens (including phenoxy) is 3. The molecule has 1 N–H and O–H groups in total. The maximum absolute atomic E-state index is 13.0. The SMILES string of the molecule is CC(C)CC(COCC(=O)OC(C)(C)C)NC(=O)C1CCCN1C(=O)OCc1ccccc1. The summed E-state index contributed by atoms with van der Waals surface area (Å²) in [5.74, 6) is -0.355. The Balaban J connectivity index is 1.88. The van der Waals surface area contributed by atoms with Crippen LogP contribution in [0.4, 0.5) is 4.79 Å². The van der Waals surface area contributed by atoms with Crippen LogP contribution >= 0.6 is 0 Å². The van der Waals surface area contributed by atoms with E-state index in [4.69, 9.17) is 14.2 Å². The highest BCUT2D eigenvalue weighted by Crippen LogP contribution is 2.20. The number of carbonyl (C=O) groups is 3. The Morgan fingerprint density at radius 3 is 2.48 bits per heavy atom. The summed E-state index contributed by atoms with van der Waals surface area (Å²) in [6.45, 7) is 10.2. The number of hydrogen-bond acceptors (Lipinski definition) is 6. The number of carbonyl (C=O) groups excluding carboxylic acids is 3. The first-order valence-corrected chi connectivity index (χ1v) is 11.6. The summed E-state index contributed by atoms with van der Waals surface area (Å²) in [4.78, 5) is 39.0. The van der Waals surface area contributed by atoms with E-state index in [0.29, 0.717) is 25.3 Å². The van der Waals surface area contributed by atoms with Gasteiger partial charge < -0.3 is 19.5 Å². The molecule has 0 saturated carbocycles. The van der Waals surface area contributed by atoms with E-state index in [2.05, 4.69) is 19.2 Å². The van der Waals surface area contributed by atoms with Gasteiger partial charge in [0.1, 0.15) is 24.9 Å². The number of amides is 2. The van der Waals surface area contributed by atoms with Crippen molar-refractivity contribution >= 4 is 18.0 Å². The molecule has 1 aliphatic rings. The molecule has 1 heterocycles. The lowest BCUT2D eigenvalue weighted by Crippen LogP contribution is -2.50. The van der Waals surface area contributed by atoms with E-state index >= 15 is 0 Å². The zero-order valence-electron chi connectivity index (χ0n) is 20.5. The first kappa shape index (κ1) is 26.6. The van der Waals surface area contributed by atoms with Crippen LogP contribution in [0.5, 0.6) is 0 Å². The van der Waals surface area contributed by atoms with Gasteiger partial charge in [0.05, 0.1) is 12.6 Å². The van der Waals surface area contributed by atoms with Crippen molar-refractivity contribution in [1.29, 1.82) is 0 Å². The van der Waals surface area contributed by atoms with Gasteiger partial charge in [0.15, 0.2) is 0 Å². The van der Waals surface area contributed by atoms with Crippen molar-refractivity contribution in [3.8, 4) is 0 Å². The van der Waals surface area contributed by atoms with Crippen LogP contribution < -0.4 is 5.32 Å². The molecule has 0 radical (unpaired) electrons. The van der Waals surface area contributed by atoms with Gasteiger partial charge in [-0.2, -0.15) is 0 Å². The van der Waals surface area contributed by atoms with Gasteiger partial charge in [-0.15, -0.1) is 0 Å². The van der Waals surface area contributed by atoms with Crippen molar-refractivity contribution in [3.63, 3.8) is 0 Å². The van der Waals surface area contributed by atoms with Crippen LogP contribution in [-0.4, -0.2) is 60.3 Å². The van der Waals surface area contributed by atoms with Crippen LogP contribution in [0.3, 0.4) is 0 Å². The summed E-state index contributed by atoms with van der Waals surface area (Å²) in [7, 11) is 0. The summed E-state index contributed by atoms with van der Waals surface area (Å²) < 4.78 is 16.2. The number of hydrogen-bond donors (Lipinski definition) is 1. The summed E-state index contributed by atoms with van der Waals surface area (Å²) in [5, 5.41) is 3.01. The predicted octanol–water partition coefficient (Wildman–Crippen LogP) is 3.68. The number of likely N-dealkylation sites (tertiary alicyclic amines) is 1. The van der Waals surface area contributed by atoms with Crippen molar-refractivity contribution in [3.05, 3.63) is 35.9 Å². The van der Waals surface area contributed by atoms with Crippen molar-refractivity contribution in [2.24, 2.45) is 5.92 Å². The quantitative estimate of drug-likeness (QED) is 0.533. The second-order valence-electron chi connectivity index (χ2n) is 9.83. The Hall–Kier alpha value is -2.61. The minimum Gasteiger partial charge on any atom is -0.458 e. The monoisotopic (exact) mass is 462 g/mol. The van der Waals surface area contributed by atoms with E-state index in [-0.39, 0.29) is 31.8 Å². The van der Waals surface area contributed by atoms with Crippen LogP contribution in [0, 0.1) is 5.92 Å². The third kappa shape index (κ3) is 9.82. The second kappa shape index (κ2) is 12.6. The number of nitrogens with zero attached hydrogens (tertiary/aromatic N) is 1. The molecular formula is C25H38N2O6. The first-order valence-electron chi connectivity index (χ1n) is 11.6. The highest BCUT2D eigenvalue weighted by atomic mass is 16.6. The summed E-state index contributed by atoms with van der Waals surface area (Å²) in [5.41, 5.74) is 0.317. The maximum atomic E-state index is 13.0. The molecule has 0 spiro atoms. The molecular weight excluding hydrogens is 424 g/mol. The number of rotatable bonds is 10. The van der Waals surface area contributed by atoms with Crippen LogP contribution in [0.1, 0.15) is 59.4 Å². The van der Waals surface area contributed by atoms with Gasteiger partial charge in [-0.25, -0.2) is 9.59 Å². The van der Waals surface area contributed by atoms with Crippen molar-refractivity contribution in [2.75, 3.05) is 19.8 Å². The molecule has 1 saturated heterocycles. The van der Waals surface area contributed by atoms with Crippen molar-refractivity contribution in [1.82, 2.24) is 10.2 Å². The van der Waals surface area contributed by atoms with E-state index < -0.39 is 23.7 Å². The smallest absolute Gasteiger partial charge is 0.410 e. The predicted molar refractivity (Wildman–Crippen MR) is 124 cm³/mol. The van der Waals surface area contributed by atoms with E-state index in [0.717, 1.165) is 12.0 Å². The Morgan fingerprint density at radius 2 is 1.85 bits per heavy atom. The highest BCUT2D eigenvalue weighted by Gasteiger charge is 2.36. The number of esters is 1. The molecule has 2 rings (SSSR count). The molecule has 0 aromatic heterocycles. The Morgan fingerprint density at radius 1 is 1.15 bits per heavy atom. The van der Waals surface area contributed by atoms with Crippen LogP contribution in [0.2, 0.25) is 0 Å². The summed E-state index contributed by atoms with van der Waals surface area (Å²) in [6, 6.07) is 8.59. The van der Waals surface area contributed by atoms with Gasteiger partial charge in [0, 0.05) is 6.54 Å². The molecule has 0 aliphatic carbocycles. The molecule has 8 nitrogen and oxygen atoms in total. The van der Waals surface area contributed by atoms with Crippen LogP contribution in [0.15, 0.2) is 30.3 Å². The molecule has 2 unspecified atom stereocenters. The average molecular weight is 463 g/mol. The normalized spacial score (nSPS) is 17.0. The average Bonchev–Trinajstić information content (AvgIpc) is 3.21. The molecule has 2 amide bonds. The first-order chi connectivity index (χ1) is 15.5. The third-order valence-corrected chi connectivity index (χ3v) is 5.06. The fourth-order valence-electron chi connectivity index (χ4n) is 3.75. The zero-order chi connectivity index (χ0) is 24.4. The Kier molecular flexibility index (Phi) is 10.2. The van der Waals surface area contributed by atoms with Gasteiger partial charge in [0.25, 0.3) is 0 Å². The topological polar surface area (TPSA) is 94.2 Å². The van der Waals surface area contributed by atoms with E-state index in [1.165, 1.54) is 4.90 Å². The lowest BCUT2D eigenvalue weighted by atomic mass is 10.0. The minimum atomic E-state index is -0.576. The largest absolute Gasteiger partial charge is 0.458 e. The minimum absolute atomic E-state index is 0.166. The molecule has 1 fully saturated rings. The number of benzene rings is 1. The van der Waals surface area contributed by atoms with Crippen LogP contribution in [-0.2, 0) is 30.4 Å². The van der Waals surface area contributed by atoms with Crippen molar-refractivity contribution in [2.45, 2.75) is 78.2 Å². The molecule has 184 valence electrons. The van der Waals surface area contributed by atoms with Gasteiger partial charge in [-0.3, -0.25) is 9.69 Å². The van der Waals surface area contributed by atoms with E-state index in [1.807, 2.05) is 30.3 Å². The van der Waals surface area contributed by atoms with Gasteiger partial charge in [0.2, 0.25) is 5.91 Å². The maximum Gasteiger partial charge on any atom is 0.410 e. The second-order valence-corrected chi connectivity index (χ2v) is 9.83. The fourth-order valence-corrected chi connectivity index (χ4v) is 3.75. The molecule has 8 heteroatoms. The molecule has 33 heavy (non-hydrogen) atoms. The Labute approximate surface area is 196 Å². The van der Waals surface area contributed by atoms with E-state index in [1.54, 1.807) is 20.8 Å². The highest BCUT2D eigenvalue weighted by molar-refractivity contribution is 5.86. The molecule has 0 bridgehead atoms. The van der Waals surface area contributed by atoms with Crippen molar-refractivity contribution < 1.29 is 28.6 Å². The molecule has 2 atom stereocenters. The Bertz CT molecular complexity index is 775.